The SMILES string of the molecule is C=Cc1nnc(Cl)cc1OC. The zero-order valence-electron chi connectivity index (χ0n) is 6.04. The van der Waals surface area contributed by atoms with Gasteiger partial charge in [-0.2, -0.15) is 0 Å². The first kappa shape index (κ1) is 8.01. The highest BCUT2D eigenvalue weighted by Gasteiger charge is 2.01. The van der Waals surface area contributed by atoms with Crippen LogP contribution >= 0.6 is 11.6 Å². The van der Waals surface area contributed by atoms with E-state index in [2.05, 4.69) is 16.8 Å². The Bertz CT molecular complexity index is 275. The van der Waals surface area contributed by atoms with Crippen LogP contribution in [0.5, 0.6) is 5.75 Å². The first-order valence-corrected chi connectivity index (χ1v) is 3.35. The quantitative estimate of drug-likeness (QED) is 0.679. The number of nitrogens with zero attached hydrogens (tertiary/aromatic N) is 2. The van der Waals surface area contributed by atoms with Gasteiger partial charge in [0.1, 0.15) is 11.4 Å². The van der Waals surface area contributed by atoms with E-state index < -0.39 is 0 Å². The van der Waals surface area contributed by atoms with Crippen molar-refractivity contribution >= 4 is 17.7 Å². The first-order chi connectivity index (χ1) is 5.27. The van der Waals surface area contributed by atoms with Crippen LogP contribution in [0.15, 0.2) is 12.6 Å². The lowest BCUT2D eigenvalue weighted by Gasteiger charge is -2.01. The lowest BCUT2D eigenvalue weighted by molar-refractivity contribution is 0.410. The third-order valence-electron chi connectivity index (χ3n) is 1.17. The normalized spacial score (nSPS) is 9.27. The van der Waals surface area contributed by atoms with E-state index in [1.807, 2.05) is 0 Å². The van der Waals surface area contributed by atoms with Crippen LogP contribution in [0.1, 0.15) is 5.69 Å². The van der Waals surface area contributed by atoms with E-state index in [0.717, 1.165) is 0 Å². The summed E-state index contributed by atoms with van der Waals surface area (Å²) in [6, 6.07) is 1.59. The Morgan fingerprint density at radius 1 is 1.64 bits per heavy atom. The van der Waals surface area contributed by atoms with Gasteiger partial charge in [0, 0.05) is 6.07 Å². The first-order valence-electron chi connectivity index (χ1n) is 2.97. The van der Waals surface area contributed by atoms with Crippen LogP contribution < -0.4 is 4.74 Å². The molecule has 0 radical (unpaired) electrons. The summed E-state index contributed by atoms with van der Waals surface area (Å²) in [5.74, 6) is 0.583. The second-order valence-electron chi connectivity index (χ2n) is 1.82. The average Bonchev–Trinajstić information content (AvgIpc) is 2.04. The Morgan fingerprint density at radius 3 is 2.91 bits per heavy atom. The van der Waals surface area contributed by atoms with Crippen LogP contribution in [-0.4, -0.2) is 17.3 Å². The van der Waals surface area contributed by atoms with Gasteiger partial charge in [-0.05, 0) is 6.08 Å². The van der Waals surface area contributed by atoms with Gasteiger partial charge in [-0.15, -0.1) is 10.2 Å². The molecule has 0 unspecified atom stereocenters. The van der Waals surface area contributed by atoms with Gasteiger partial charge in [0.05, 0.1) is 7.11 Å². The largest absolute Gasteiger partial charge is 0.494 e. The summed E-state index contributed by atoms with van der Waals surface area (Å²) >= 11 is 5.56. The average molecular weight is 171 g/mol. The Kier molecular flexibility index (Phi) is 2.44. The Labute approximate surface area is 69.7 Å². The van der Waals surface area contributed by atoms with Crippen molar-refractivity contribution in [1.82, 2.24) is 10.2 Å². The molecule has 0 aliphatic heterocycles. The number of rotatable bonds is 2. The molecule has 0 saturated heterocycles. The fourth-order valence-electron chi connectivity index (χ4n) is 0.667. The van der Waals surface area contributed by atoms with Crippen molar-refractivity contribution in [2.24, 2.45) is 0 Å². The number of methoxy groups -OCH3 is 1. The third-order valence-corrected chi connectivity index (χ3v) is 1.35. The Morgan fingerprint density at radius 2 is 2.36 bits per heavy atom. The molecular formula is C7H7ClN2O. The van der Waals surface area contributed by atoms with Crippen LogP contribution in [0.3, 0.4) is 0 Å². The fraction of sp³-hybridized carbons (Fsp3) is 0.143. The fourth-order valence-corrected chi connectivity index (χ4v) is 0.804. The maximum absolute atomic E-state index is 5.56. The molecule has 1 aromatic heterocycles. The van der Waals surface area contributed by atoms with Gasteiger partial charge in [0.2, 0.25) is 0 Å². The van der Waals surface area contributed by atoms with Gasteiger partial charge in [-0.1, -0.05) is 18.2 Å². The van der Waals surface area contributed by atoms with Gasteiger partial charge in [0.15, 0.2) is 5.15 Å². The van der Waals surface area contributed by atoms with Crippen molar-refractivity contribution in [2.75, 3.05) is 7.11 Å². The molecule has 11 heavy (non-hydrogen) atoms. The van der Waals surface area contributed by atoms with Gasteiger partial charge in [-0.25, -0.2) is 0 Å². The minimum atomic E-state index is 0.312. The molecule has 0 fully saturated rings. The molecule has 1 rings (SSSR count). The van der Waals surface area contributed by atoms with E-state index in [9.17, 15) is 0 Å². The predicted molar refractivity (Wildman–Crippen MR) is 43.7 cm³/mol. The maximum atomic E-state index is 5.56. The smallest absolute Gasteiger partial charge is 0.155 e. The molecule has 0 atom stereocenters. The molecule has 0 aliphatic rings. The molecule has 1 heterocycles. The molecule has 1 aromatic rings. The number of halogens is 1. The molecule has 0 aliphatic carbocycles. The molecule has 0 aromatic carbocycles. The van der Waals surface area contributed by atoms with Crippen molar-refractivity contribution < 1.29 is 4.74 Å². The zero-order valence-corrected chi connectivity index (χ0v) is 6.80. The molecular weight excluding hydrogens is 164 g/mol. The Balaban J connectivity index is 3.16. The van der Waals surface area contributed by atoms with Crippen LogP contribution in [0.2, 0.25) is 5.15 Å². The molecule has 0 saturated carbocycles. The second kappa shape index (κ2) is 3.34. The molecule has 0 amide bonds. The van der Waals surface area contributed by atoms with E-state index in [-0.39, 0.29) is 0 Å². The van der Waals surface area contributed by atoms with Crippen LogP contribution in [0.25, 0.3) is 6.08 Å². The number of hydrogen-bond donors (Lipinski definition) is 0. The van der Waals surface area contributed by atoms with Crippen molar-refractivity contribution in [3.63, 3.8) is 0 Å². The highest BCUT2D eigenvalue weighted by molar-refractivity contribution is 6.29. The van der Waals surface area contributed by atoms with Gasteiger partial charge >= 0.3 is 0 Å². The number of ether oxygens (including phenoxy) is 1. The van der Waals surface area contributed by atoms with Crippen LogP contribution in [-0.2, 0) is 0 Å². The van der Waals surface area contributed by atoms with Gasteiger partial charge < -0.3 is 4.74 Å². The molecule has 58 valence electrons. The minimum Gasteiger partial charge on any atom is -0.494 e. The topological polar surface area (TPSA) is 35.0 Å². The van der Waals surface area contributed by atoms with E-state index >= 15 is 0 Å². The summed E-state index contributed by atoms with van der Waals surface area (Å²) < 4.78 is 4.96. The highest BCUT2D eigenvalue weighted by atomic mass is 35.5. The summed E-state index contributed by atoms with van der Waals surface area (Å²) in [4.78, 5) is 0. The second-order valence-corrected chi connectivity index (χ2v) is 2.21. The number of hydrogen-bond acceptors (Lipinski definition) is 3. The molecule has 0 N–H and O–H groups in total. The summed E-state index contributed by atoms with van der Waals surface area (Å²) in [5.41, 5.74) is 0.594. The summed E-state index contributed by atoms with van der Waals surface area (Å²) in [5, 5.41) is 7.68. The number of aromatic nitrogens is 2. The molecule has 4 heteroatoms. The van der Waals surface area contributed by atoms with E-state index in [1.165, 1.54) is 0 Å². The zero-order chi connectivity index (χ0) is 8.27. The Hall–Kier alpha value is -1.09. The van der Waals surface area contributed by atoms with Crippen molar-refractivity contribution in [1.29, 1.82) is 0 Å². The minimum absolute atomic E-state index is 0.312. The summed E-state index contributed by atoms with van der Waals surface area (Å²) in [7, 11) is 1.54. The van der Waals surface area contributed by atoms with Gasteiger partial charge in [0.25, 0.3) is 0 Å². The van der Waals surface area contributed by atoms with Crippen molar-refractivity contribution in [3.05, 3.63) is 23.5 Å². The van der Waals surface area contributed by atoms with E-state index in [0.29, 0.717) is 16.6 Å². The lowest BCUT2D eigenvalue weighted by atomic mass is 10.3. The monoisotopic (exact) mass is 170 g/mol. The molecule has 0 bridgehead atoms. The predicted octanol–water partition coefficient (Wildman–Crippen LogP) is 1.78. The summed E-state index contributed by atoms with van der Waals surface area (Å²) in [6.45, 7) is 3.54. The van der Waals surface area contributed by atoms with E-state index in [4.69, 9.17) is 16.3 Å². The van der Waals surface area contributed by atoms with E-state index in [1.54, 1.807) is 19.3 Å². The van der Waals surface area contributed by atoms with Gasteiger partial charge in [-0.3, -0.25) is 0 Å². The van der Waals surface area contributed by atoms with Crippen molar-refractivity contribution in [2.45, 2.75) is 0 Å². The standard InChI is InChI=1S/C7H7ClN2O/c1-3-5-6(11-2)4-7(8)10-9-5/h3-4H,1H2,2H3. The lowest BCUT2D eigenvalue weighted by Crippen LogP contribution is -1.92. The third kappa shape index (κ3) is 1.68. The maximum Gasteiger partial charge on any atom is 0.155 e. The summed E-state index contributed by atoms with van der Waals surface area (Å²) in [6.07, 6.45) is 1.56. The van der Waals surface area contributed by atoms with Crippen LogP contribution in [0, 0.1) is 0 Å². The van der Waals surface area contributed by atoms with Crippen molar-refractivity contribution in [3.8, 4) is 5.75 Å². The molecule has 3 nitrogen and oxygen atoms in total. The van der Waals surface area contributed by atoms with Crippen LogP contribution in [0.4, 0.5) is 0 Å². The molecule has 0 spiro atoms. The highest BCUT2D eigenvalue weighted by Crippen LogP contribution is 2.18.